The number of sulfonamides is 1. The van der Waals surface area contributed by atoms with Crippen LogP contribution in [0.2, 0.25) is 0 Å². The average Bonchev–Trinajstić information content (AvgIpc) is 3.05. The van der Waals surface area contributed by atoms with Crippen LogP contribution in [0.3, 0.4) is 0 Å². The zero-order chi connectivity index (χ0) is 33.5. The van der Waals surface area contributed by atoms with Crippen molar-refractivity contribution in [2.24, 2.45) is 5.92 Å². The molecule has 2 aromatic heterocycles. The highest BCUT2D eigenvalue weighted by Crippen LogP contribution is 2.35. The smallest absolute Gasteiger partial charge is 0.289 e. The summed E-state index contributed by atoms with van der Waals surface area (Å²) < 4.78 is 49.5. The van der Waals surface area contributed by atoms with Gasteiger partial charge in [0.1, 0.15) is 11.6 Å². The van der Waals surface area contributed by atoms with Crippen molar-refractivity contribution in [1.29, 1.82) is 0 Å². The molecular weight excluding hydrogens is 631 g/mol. The zero-order valence-corrected chi connectivity index (χ0v) is 26.5. The minimum Gasteiger partial charge on any atom is -0.480 e. The molecule has 47 heavy (non-hydrogen) atoms. The van der Waals surface area contributed by atoms with Gasteiger partial charge in [0.25, 0.3) is 17.2 Å². The molecule has 3 heterocycles. The van der Waals surface area contributed by atoms with Gasteiger partial charge in [-0.2, -0.15) is 0 Å². The van der Waals surface area contributed by atoms with Crippen molar-refractivity contribution < 1.29 is 27.3 Å². The van der Waals surface area contributed by atoms with E-state index in [2.05, 4.69) is 20.0 Å². The van der Waals surface area contributed by atoms with E-state index in [1.54, 1.807) is 19.1 Å². The lowest BCUT2D eigenvalue weighted by Crippen LogP contribution is -2.46. The predicted octanol–water partition coefficient (Wildman–Crippen LogP) is 4.19. The number of amides is 1. The van der Waals surface area contributed by atoms with Crippen molar-refractivity contribution in [1.82, 2.24) is 14.7 Å². The van der Waals surface area contributed by atoms with Gasteiger partial charge in [0, 0.05) is 36.1 Å². The lowest BCUT2D eigenvalue weighted by Gasteiger charge is -2.38. The number of hydrogen-bond donors (Lipinski definition) is 3. The Morgan fingerprint density at radius 3 is 2.62 bits per heavy atom. The van der Waals surface area contributed by atoms with Crippen LogP contribution in [0.1, 0.15) is 36.8 Å². The molecule has 0 radical (unpaired) electrons. The van der Waals surface area contributed by atoms with E-state index >= 15 is 0 Å². The molecule has 1 atom stereocenters. The largest absolute Gasteiger partial charge is 0.480 e. The summed E-state index contributed by atoms with van der Waals surface area (Å²) in [5.74, 6) is 0.476. The van der Waals surface area contributed by atoms with Crippen molar-refractivity contribution in [3.8, 4) is 5.75 Å². The highest BCUT2D eigenvalue weighted by molar-refractivity contribution is 7.89. The molecule has 15 heteroatoms. The molecule has 1 amide bonds. The highest BCUT2D eigenvalue weighted by Gasteiger charge is 2.35. The van der Waals surface area contributed by atoms with Gasteiger partial charge in [-0.1, -0.05) is 12.1 Å². The lowest BCUT2D eigenvalue weighted by atomic mass is 9.79. The maximum absolute atomic E-state index is 13.9. The van der Waals surface area contributed by atoms with Crippen LogP contribution >= 0.6 is 0 Å². The number of nitrogens with zero attached hydrogens (tertiary/aromatic N) is 3. The zero-order valence-electron chi connectivity index (χ0n) is 25.7. The third kappa shape index (κ3) is 6.53. The van der Waals surface area contributed by atoms with Crippen LogP contribution in [0.25, 0.3) is 10.9 Å². The molecule has 2 aliphatic rings. The number of aryl methyl sites for hydroxylation is 1. The summed E-state index contributed by atoms with van der Waals surface area (Å²) in [6.45, 7) is 1.67. The Labute approximate surface area is 269 Å². The predicted molar refractivity (Wildman–Crippen MR) is 173 cm³/mol. The van der Waals surface area contributed by atoms with E-state index in [0.29, 0.717) is 65.1 Å². The third-order valence-electron chi connectivity index (χ3n) is 9.12. The number of halogens is 1. The molecule has 1 aliphatic carbocycles. The van der Waals surface area contributed by atoms with Gasteiger partial charge >= 0.3 is 0 Å². The van der Waals surface area contributed by atoms with Crippen LogP contribution in [0.5, 0.6) is 5.75 Å². The van der Waals surface area contributed by atoms with Crippen LogP contribution in [0, 0.1) is 28.8 Å². The molecule has 1 fully saturated rings. The molecule has 246 valence electrons. The van der Waals surface area contributed by atoms with Gasteiger partial charge in [0.2, 0.25) is 10.0 Å². The highest BCUT2D eigenvalue weighted by atomic mass is 32.2. The van der Waals surface area contributed by atoms with Gasteiger partial charge in [0.15, 0.2) is 23.1 Å². The van der Waals surface area contributed by atoms with E-state index in [1.165, 1.54) is 30.3 Å². The number of para-hydroxylation sites is 1. The standard InChI is InChI=1S/C32H33FN6O7S/c1-18-22-12-9-20(33)15-25(22)34-32(41)23(18)16-24(37-47(44,45)28-6-4-3-5-26(28)39(42)43)19-7-10-21(11-8-19)38(2)29-14-13-27-31(35-29)36-30(40)17-46-27/h3-6,9,12-15,19,21,24,37H,7-8,10-11,16-17H2,1-2H3,(H,34,41)(H,35,36,40). The second-order valence-corrected chi connectivity index (χ2v) is 13.6. The number of nitro groups is 1. The molecule has 1 aliphatic heterocycles. The maximum Gasteiger partial charge on any atom is 0.289 e. The molecule has 1 saturated carbocycles. The van der Waals surface area contributed by atoms with Crippen molar-refractivity contribution in [2.75, 3.05) is 23.9 Å². The summed E-state index contributed by atoms with van der Waals surface area (Å²) >= 11 is 0. The fourth-order valence-electron chi connectivity index (χ4n) is 6.57. The summed E-state index contributed by atoms with van der Waals surface area (Å²) in [5.41, 5.74) is 0.268. The first-order valence-corrected chi connectivity index (χ1v) is 16.6. The number of nitrogens with one attached hydrogen (secondary N) is 3. The van der Waals surface area contributed by atoms with Crippen LogP contribution < -0.4 is 25.2 Å². The van der Waals surface area contributed by atoms with Gasteiger partial charge in [-0.05, 0) is 86.9 Å². The number of aromatic amines is 1. The Morgan fingerprint density at radius 1 is 1.13 bits per heavy atom. The average molecular weight is 665 g/mol. The summed E-state index contributed by atoms with van der Waals surface area (Å²) in [4.78, 5) is 44.9. The SMILES string of the molecule is Cc1c(CC(NS(=O)(=O)c2ccccc2[N+](=O)[O-])C2CCC(N(C)c3ccc4c(n3)NC(=O)CO4)CC2)c(=O)[nH]c2cc(F)ccc12. The molecule has 2 aromatic carbocycles. The third-order valence-corrected chi connectivity index (χ3v) is 10.7. The van der Waals surface area contributed by atoms with E-state index in [9.17, 15) is 32.5 Å². The van der Waals surface area contributed by atoms with E-state index in [4.69, 9.17) is 4.74 Å². The van der Waals surface area contributed by atoms with E-state index in [1.807, 2.05) is 18.0 Å². The van der Waals surface area contributed by atoms with Gasteiger partial charge in [0.05, 0.1) is 10.4 Å². The minimum atomic E-state index is -4.38. The van der Waals surface area contributed by atoms with Gasteiger partial charge < -0.3 is 19.9 Å². The van der Waals surface area contributed by atoms with Crippen molar-refractivity contribution in [3.63, 3.8) is 0 Å². The number of carbonyl (C=O) groups is 1. The fraction of sp³-hybridized carbons (Fsp3) is 0.344. The van der Waals surface area contributed by atoms with Crippen molar-refractivity contribution >= 4 is 44.2 Å². The number of carbonyl (C=O) groups excluding carboxylic acids is 1. The monoisotopic (exact) mass is 664 g/mol. The Bertz CT molecular complexity index is 2050. The summed E-state index contributed by atoms with van der Waals surface area (Å²) in [7, 11) is -2.48. The van der Waals surface area contributed by atoms with Gasteiger partial charge in [-0.25, -0.2) is 22.5 Å². The number of H-pyrrole nitrogens is 1. The van der Waals surface area contributed by atoms with Crippen molar-refractivity contribution in [2.45, 2.75) is 56.0 Å². The van der Waals surface area contributed by atoms with E-state index in [0.717, 1.165) is 6.07 Å². The molecule has 0 spiro atoms. The number of anilines is 2. The summed E-state index contributed by atoms with van der Waals surface area (Å²) in [6, 6.07) is 12.1. The van der Waals surface area contributed by atoms with Gasteiger partial charge in [-0.3, -0.25) is 19.7 Å². The first-order chi connectivity index (χ1) is 22.4. The lowest BCUT2D eigenvalue weighted by molar-refractivity contribution is -0.387. The first-order valence-electron chi connectivity index (χ1n) is 15.1. The molecule has 0 saturated heterocycles. The van der Waals surface area contributed by atoms with Crippen LogP contribution in [0.4, 0.5) is 21.7 Å². The number of pyridine rings is 2. The number of benzene rings is 2. The second-order valence-electron chi connectivity index (χ2n) is 11.9. The van der Waals surface area contributed by atoms with Crippen LogP contribution in [0.15, 0.2) is 64.3 Å². The number of aromatic nitrogens is 2. The van der Waals surface area contributed by atoms with E-state index < -0.39 is 42.9 Å². The Morgan fingerprint density at radius 2 is 1.87 bits per heavy atom. The molecule has 13 nitrogen and oxygen atoms in total. The van der Waals surface area contributed by atoms with Crippen molar-refractivity contribution in [3.05, 3.63) is 92.0 Å². The van der Waals surface area contributed by atoms with Crippen LogP contribution in [-0.4, -0.2) is 55.0 Å². The maximum atomic E-state index is 13.9. The number of fused-ring (bicyclic) bond motifs is 2. The molecule has 4 aromatic rings. The quantitative estimate of drug-likeness (QED) is 0.175. The Kier molecular flexibility index (Phi) is 8.68. The Hall–Kier alpha value is -4.89. The number of rotatable bonds is 9. The van der Waals surface area contributed by atoms with Crippen LogP contribution in [-0.2, 0) is 21.2 Å². The normalized spacial score (nSPS) is 18.6. The minimum absolute atomic E-state index is 0.0194. The summed E-state index contributed by atoms with van der Waals surface area (Å²) in [6.07, 6.45) is 2.52. The molecular formula is C32H33FN6O7S. The molecule has 3 N–H and O–H groups in total. The topological polar surface area (TPSA) is 177 Å². The van der Waals surface area contributed by atoms with Gasteiger partial charge in [-0.15, -0.1) is 0 Å². The summed E-state index contributed by atoms with van der Waals surface area (Å²) in [5, 5.41) is 15.0. The number of ether oxygens (including phenoxy) is 1. The Balaban J connectivity index is 1.28. The molecule has 1 unspecified atom stereocenters. The number of nitro benzene ring substituents is 1. The first kappa shape index (κ1) is 32.1. The molecule has 0 bridgehead atoms. The molecule has 6 rings (SSSR count). The number of hydrogen-bond acceptors (Lipinski definition) is 9. The van der Waals surface area contributed by atoms with E-state index in [-0.39, 0.29) is 30.9 Å². The second kappa shape index (κ2) is 12.7. The fourth-order valence-corrected chi connectivity index (χ4v) is 8.05.